The van der Waals surface area contributed by atoms with Crippen LogP contribution in [0.3, 0.4) is 0 Å². The highest BCUT2D eigenvalue weighted by Crippen LogP contribution is 2.34. The van der Waals surface area contributed by atoms with Crippen molar-refractivity contribution in [1.82, 2.24) is 9.88 Å². The van der Waals surface area contributed by atoms with E-state index in [-0.39, 0.29) is 11.3 Å². The van der Waals surface area contributed by atoms with Gasteiger partial charge in [0.25, 0.3) is 0 Å². The third kappa shape index (κ3) is 4.17. The van der Waals surface area contributed by atoms with Crippen molar-refractivity contribution >= 4 is 11.7 Å². The van der Waals surface area contributed by atoms with E-state index < -0.39 is 0 Å². The van der Waals surface area contributed by atoms with E-state index in [1.54, 1.807) is 0 Å². The van der Waals surface area contributed by atoms with Crippen molar-refractivity contribution in [2.75, 3.05) is 12.0 Å². The molecule has 1 unspecified atom stereocenters. The number of pyridine rings is 1. The number of nitrogens with two attached hydrogens (primary N) is 1. The van der Waals surface area contributed by atoms with Gasteiger partial charge >= 0.3 is 0 Å². The fraction of sp³-hybridized carbons (Fsp3) is 0.625. The zero-order chi connectivity index (χ0) is 15.5. The van der Waals surface area contributed by atoms with Gasteiger partial charge in [0, 0.05) is 13.0 Å². The van der Waals surface area contributed by atoms with Crippen molar-refractivity contribution < 1.29 is 4.79 Å². The van der Waals surface area contributed by atoms with Gasteiger partial charge in [0.05, 0.1) is 12.2 Å². The van der Waals surface area contributed by atoms with Crippen LogP contribution >= 0.6 is 0 Å². The lowest BCUT2D eigenvalue weighted by Crippen LogP contribution is -2.30. The smallest absolute Gasteiger partial charge is 0.222 e. The number of nitrogens with one attached hydrogen (secondary N) is 1. The highest BCUT2D eigenvalue weighted by atomic mass is 16.2. The molecule has 1 amide bonds. The molecule has 0 aromatic carbocycles. The molecule has 3 N–H and O–H groups in total. The van der Waals surface area contributed by atoms with E-state index in [1.165, 1.54) is 0 Å². The van der Waals surface area contributed by atoms with E-state index in [1.807, 2.05) is 23.1 Å². The van der Waals surface area contributed by atoms with E-state index >= 15 is 0 Å². The third-order valence-corrected chi connectivity index (χ3v) is 4.34. The summed E-state index contributed by atoms with van der Waals surface area (Å²) in [6, 6.07) is 5.64. The molecule has 1 aromatic heterocycles. The van der Waals surface area contributed by atoms with Crippen LogP contribution in [0.25, 0.3) is 0 Å². The minimum atomic E-state index is 0.231. The van der Waals surface area contributed by atoms with Crippen LogP contribution in [0.4, 0.5) is 5.82 Å². The maximum atomic E-state index is 12.3. The quantitative estimate of drug-likeness (QED) is 0.663. The molecule has 21 heavy (non-hydrogen) atoms. The van der Waals surface area contributed by atoms with Crippen LogP contribution in [0.2, 0.25) is 0 Å². The Morgan fingerprint density at radius 1 is 1.38 bits per heavy atom. The molecule has 5 heteroatoms. The van der Waals surface area contributed by atoms with E-state index in [0.29, 0.717) is 24.7 Å². The summed E-state index contributed by atoms with van der Waals surface area (Å²) in [7, 11) is 0. The lowest BCUT2D eigenvalue weighted by molar-refractivity contribution is -0.131. The normalized spacial score (nSPS) is 20.3. The molecule has 0 aliphatic carbocycles. The van der Waals surface area contributed by atoms with Crippen LogP contribution in [0.15, 0.2) is 18.2 Å². The molecule has 0 radical (unpaired) electrons. The van der Waals surface area contributed by atoms with Crippen molar-refractivity contribution in [2.45, 2.75) is 46.6 Å². The molecule has 2 heterocycles. The van der Waals surface area contributed by atoms with Gasteiger partial charge in [0.2, 0.25) is 5.91 Å². The number of carbonyl (C=O) groups is 1. The summed E-state index contributed by atoms with van der Waals surface area (Å²) in [5.41, 5.74) is 3.67. The molecule has 0 saturated carbocycles. The highest BCUT2D eigenvalue weighted by Gasteiger charge is 2.29. The predicted molar refractivity (Wildman–Crippen MR) is 84.3 cm³/mol. The molecular weight excluding hydrogens is 264 g/mol. The summed E-state index contributed by atoms with van der Waals surface area (Å²) < 4.78 is 0. The SMILES string of the molecule is CC(C)(C)C1CCC(=O)N(Cc2cccc(NN)n2)CC1. The number of likely N-dealkylation sites (tertiary alicyclic amines) is 1. The van der Waals surface area contributed by atoms with Crippen molar-refractivity contribution in [3.05, 3.63) is 23.9 Å². The van der Waals surface area contributed by atoms with Gasteiger partial charge in [-0.3, -0.25) is 4.79 Å². The number of aromatic nitrogens is 1. The van der Waals surface area contributed by atoms with Crippen molar-refractivity contribution in [2.24, 2.45) is 17.2 Å². The Hall–Kier alpha value is -1.62. The second-order valence-corrected chi connectivity index (χ2v) is 6.86. The van der Waals surface area contributed by atoms with Crippen LogP contribution in [-0.4, -0.2) is 22.3 Å². The van der Waals surface area contributed by atoms with Gasteiger partial charge in [-0.2, -0.15) is 0 Å². The molecule has 1 aliphatic rings. The number of amides is 1. The van der Waals surface area contributed by atoms with Gasteiger partial charge < -0.3 is 10.3 Å². The average Bonchev–Trinajstić information content (AvgIpc) is 2.62. The Bertz CT molecular complexity index is 495. The van der Waals surface area contributed by atoms with Gasteiger partial charge in [-0.15, -0.1) is 0 Å². The van der Waals surface area contributed by atoms with Gasteiger partial charge in [0.1, 0.15) is 5.82 Å². The van der Waals surface area contributed by atoms with E-state index in [0.717, 1.165) is 25.1 Å². The number of hydrogen-bond acceptors (Lipinski definition) is 4. The molecule has 1 saturated heterocycles. The number of hydrogen-bond donors (Lipinski definition) is 2. The summed E-state index contributed by atoms with van der Waals surface area (Å²) in [6.45, 7) is 8.15. The summed E-state index contributed by atoms with van der Waals surface area (Å²) in [5.74, 6) is 6.83. The second kappa shape index (κ2) is 6.43. The Morgan fingerprint density at radius 3 is 2.81 bits per heavy atom. The summed E-state index contributed by atoms with van der Waals surface area (Å²) in [6.07, 6.45) is 2.68. The molecule has 0 spiro atoms. The van der Waals surface area contributed by atoms with Gasteiger partial charge in [0.15, 0.2) is 0 Å². The van der Waals surface area contributed by atoms with E-state index in [9.17, 15) is 4.79 Å². The number of rotatable bonds is 3. The third-order valence-electron chi connectivity index (χ3n) is 4.34. The predicted octanol–water partition coefficient (Wildman–Crippen LogP) is 2.54. The van der Waals surface area contributed by atoms with Crippen molar-refractivity contribution in [1.29, 1.82) is 0 Å². The number of nitrogens with zero attached hydrogens (tertiary/aromatic N) is 2. The van der Waals surface area contributed by atoms with Crippen LogP contribution in [0, 0.1) is 11.3 Å². The highest BCUT2D eigenvalue weighted by molar-refractivity contribution is 5.76. The number of nitrogen functional groups attached to an aromatic ring is 1. The molecule has 1 atom stereocenters. The largest absolute Gasteiger partial charge is 0.337 e. The molecule has 1 aromatic rings. The Balaban J connectivity index is 2.04. The number of carbonyl (C=O) groups excluding carboxylic acids is 1. The van der Waals surface area contributed by atoms with Crippen LogP contribution in [0.5, 0.6) is 0 Å². The zero-order valence-electron chi connectivity index (χ0n) is 13.2. The zero-order valence-corrected chi connectivity index (χ0v) is 13.2. The molecule has 5 nitrogen and oxygen atoms in total. The summed E-state index contributed by atoms with van der Waals surface area (Å²) in [4.78, 5) is 18.6. The van der Waals surface area contributed by atoms with Crippen molar-refractivity contribution in [3.63, 3.8) is 0 Å². The molecular formula is C16H26N4O. The Morgan fingerprint density at radius 2 is 2.14 bits per heavy atom. The Kier molecular flexibility index (Phi) is 4.83. The van der Waals surface area contributed by atoms with Crippen LogP contribution < -0.4 is 11.3 Å². The van der Waals surface area contributed by atoms with E-state index in [4.69, 9.17) is 5.84 Å². The summed E-state index contributed by atoms with van der Waals surface area (Å²) >= 11 is 0. The summed E-state index contributed by atoms with van der Waals surface area (Å²) in [5, 5.41) is 0. The first-order valence-corrected chi connectivity index (χ1v) is 7.60. The standard InChI is InChI=1S/C16H26N4O/c1-16(2,3)12-7-8-15(21)20(10-9-12)11-13-5-4-6-14(18-13)19-17/h4-6,12H,7-11,17H2,1-3H3,(H,18,19). The number of hydrazine groups is 1. The first-order valence-electron chi connectivity index (χ1n) is 7.60. The minimum Gasteiger partial charge on any atom is -0.337 e. The monoisotopic (exact) mass is 290 g/mol. The van der Waals surface area contributed by atoms with Gasteiger partial charge in [-0.25, -0.2) is 10.8 Å². The average molecular weight is 290 g/mol. The van der Waals surface area contributed by atoms with Gasteiger partial charge in [-0.1, -0.05) is 26.8 Å². The fourth-order valence-corrected chi connectivity index (χ4v) is 2.91. The molecule has 1 aliphatic heterocycles. The Labute approximate surface area is 126 Å². The molecule has 116 valence electrons. The lowest BCUT2D eigenvalue weighted by atomic mass is 9.77. The maximum Gasteiger partial charge on any atom is 0.222 e. The second-order valence-electron chi connectivity index (χ2n) is 6.86. The molecule has 1 fully saturated rings. The minimum absolute atomic E-state index is 0.231. The van der Waals surface area contributed by atoms with E-state index in [2.05, 4.69) is 31.2 Å². The lowest BCUT2D eigenvalue weighted by Gasteiger charge is -2.29. The maximum absolute atomic E-state index is 12.3. The first kappa shape index (κ1) is 15.8. The topological polar surface area (TPSA) is 71.2 Å². The van der Waals surface area contributed by atoms with Crippen LogP contribution in [-0.2, 0) is 11.3 Å². The van der Waals surface area contributed by atoms with Gasteiger partial charge in [-0.05, 0) is 36.3 Å². The van der Waals surface area contributed by atoms with Crippen LogP contribution in [0.1, 0.15) is 45.7 Å². The fourth-order valence-electron chi connectivity index (χ4n) is 2.91. The number of anilines is 1. The first-order chi connectivity index (χ1) is 9.90. The molecule has 2 rings (SSSR count). The van der Waals surface area contributed by atoms with Crippen molar-refractivity contribution in [3.8, 4) is 0 Å². The molecule has 0 bridgehead atoms.